The molecular weight excluding hydrogens is 535 g/mol. The Bertz CT molecular complexity index is 1540. The van der Waals surface area contributed by atoms with E-state index in [0.717, 1.165) is 41.6 Å². The van der Waals surface area contributed by atoms with Crippen molar-refractivity contribution >= 4 is 34.1 Å². The van der Waals surface area contributed by atoms with Gasteiger partial charge in [-0.25, -0.2) is 9.38 Å². The van der Waals surface area contributed by atoms with Crippen LogP contribution in [0.4, 0.5) is 15.1 Å². The maximum absolute atomic E-state index is 13.6. The number of hydrogen-bond acceptors (Lipinski definition) is 5. The number of anilines is 1. The van der Waals surface area contributed by atoms with Crippen molar-refractivity contribution in [3.63, 3.8) is 0 Å². The molecule has 0 bridgehead atoms. The highest BCUT2D eigenvalue weighted by atomic mass is 32.1. The average molecular weight is 571 g/mol. The van der Waals surface area contributed by atoms with E-state index in [0.29, 0.717) is 34.6 Å². The van der Waals surface area contributed by atoms with Crippen LogP contribution in [0.1, 0.15) is 59.1 Å². The van der Waals surface area contributed by atoms with Gasteiger partial charge in [0, 0.05) is 16.8 Å². The first kappa shape index (κ1) is 28.6. The molecule has 0 spiro atoms. The van der Waals surface area contributed by atoms with Crippen LogP contribution in [0.15, 0.2) is 77.8 Å². The Morgan fingerprint density at radius 3 is 2.54 bits per heavy atom. The lowest BCUT2D eigenvalue weighted by atomic mass is 9.72. The summed E-state index contributed by atoms with van der Waals surface area (Å²) in [5, 5.41) is 3.78. The number of carbonyl (C=O) groups excluding carboxylic acids is 1. The SMILES string of the molecule is COc1cc(C=Nc2sc3c(c2C(=O)Nc2ccccc2)CC[C@H](C(C)(C)C)C3)ccc1OCc1ccc(F)cc1. The summed E-state index contributed by atoms with van der Waals surface area (Å²) < 4.78 is 24.7. The van der Waals surface area contributed by atoms with Gasteiger partial charge >= 0.3 is 0 Å². The number of ether oxygens (including phenoxy) is 2. The van der Waals surface area contributed by atoms with Crippen molar-refractivity contribution in [3.05, 3.63) is 106 Å². The Morgan fingerprint density at radius 2 is 1.83 bits per heavy atom. The normalized spacial score (nSPS) is 15.0. The van der Waals surface area contributed by atoms with Gasteiger partial charge in [-0.15, -0.1) is 11.3 Å². The van der Waals surface area contributed by atoms with Crippen LogP contribution in [0.5, 0.6) is 11.5 Å². The number of aliphatic imine (C=N–C) groups is 1. The van der Waals surface area contributed by atoms with Crippen LogP contribution >= 0.6 is 11.3 Å². The highest BCUT2D eigenvalue weighted by Crippen LogP contribution is 2.45. The number of fused-ring (bicyclic) bond motifs is 1. The number of benzene rings is 3. The molecule has 1 heterocycles. The van der Waals surface area contributed by atoms with E-state index in [1.807, 2.05) is 48.5 Å². The van der Waals surface area contributed by atoms with Gasteiger partial charge in [-0.2, -0.15) is 0 Å². The Morgan fingerprint density at radius 1 is 1.07 bits per heavy atom. The summed E-state index contributed by atoms with van der Waals surface area (Å²) in [7, 11) is 1.59. The van der Waals surface area contributed by atoms with Gasteiger partial charge in [0.1, 0.15) is 17.4 Å². The molecule has 1 aliphatic rings. The maximum Gasteiger partial charge on any atom is 0.259 e. The fourth-order valence-electron chi connectivity index (χ4n) is 5.11. The van der Waals surface area contributed by atoms with E-state index >= 15 is 0 Å². The number of amides is 1. The molecule has 212 valence electrons. The Hall–Kier alpha value is -3.97. The molecule has 3 aromatic carbocycles. The van der Waals surface area contributed by atoms with Crippen LogP contribution in [-0.4, -0.2) is 19.2 Å². The van der Waals surface area contributed by atoms with Gasteiger partial charge in [-0.3, -0.25) is 4.79 Å². The minimum absolute atomic E-state index is 0.128. The minimum atomic E-state index is -0.281. The van der Waals surface area contributed by atoms with Gasteiger partial charge in [0.25, 0.3) is 5.91 Å². The number of nitrogens with one attached hydrogen (secondary N) is 1. The Kier molecular flexibility index (Phi) is 8.54. The highest BCUT2D eigenvalue weighted by molar-refractivity contribution is 7.16. The van der Waals surface area contributed by atoms with Crippen molar-refractivity contribution in [2.24, 2.45) is 16.3 Å². The second-order valence-corrected chi connectivity index (χ2v) is 12.5. The van der Waals surface area contributed by atoms with Gasteiger partial charge in [-0.1, -0.05) is 51.1 Å². The first-order valence-electron chi connectivity index (χ1n) is 13.8. The van der Waals surface area contributed by atoms with E-state index in [1.165, 1.54) is 17.0 Å². The van der Waals surface area contributed by atoms with Crippen molar-refractivity contribution in [1.29, 1.82) is 0 Å². The van der Waals surface area contributed by atoms with Crippen molar-refractivity contribution in [3.8, 4) is 11.5 Å². The summed E-state index contributed by atoms with van der Waals surface area (Å²) >= 11 is 1.62. The molecule has 0 aliphatic heterocycles. The van der Waals surface area contributed by atoms with Crippen molar-refractivity contribution in [2.45, 2.75) is 46.6 Å². The third kappa shape index (κ3) is 6.85. The molecule has 1 aromatic heterocycles. The summed E-state index contributed by atoms with van der Waals surface area (Å²) in [6.07, 6.45) is 4.65. The van der Waals surface area contributed by atoms with E-state index in [9.17, 15) is 9.18 Å². The molecular formula is C34H35FN2O3S. The van der Waals surface area contributed by atoms with Crippen molar-refractivity contribution in [2.75, 3.05) is 12.4 Å². The number of rotatable bonds is 8. The number of para-hydroxylation sites is 1. The number of halogens is 1. The van der Waals surface area contributed by atoms with Gasteiger partial charge in [0.05, 0.1) is 12.7 Å². The molecule has 41 heavy (non-hydrogen) atoms. The first-order chi connectivity index (χ1) is 19.7. The predicted octanol–water partition coefficient (Wildman–Crippen LogP) is 8.63. The number of carbonyl (C=O) groups is 1. The van der Waals surface area contributed by atoms with Gasteiger partial charge < -0.3 is 14.8 Å². The lowest BCUT2D eigenvalue weighted by molar-refractivity contribution is 0.102. The van der Waals surface area contributed by atoms with Crippen molar-refractivity contribution in [1.82, 2.24) is 0 Å². The summed E-state index contributed by atoms with van der Waals surface area (Å²) in [6.45, 7) is 7.16. The molecule has 1 amide bonds. The first-order valence-corrected chi connectivity index (χ1v) is 14.6. The summed E-state index contributed by atoms with van der Waals surface area (Å²) in [6, 6.07) is 21.3. The van der Waals surface area contributed by atoms with E-state index in [4.69, 9.17) is 14.5 Å². The smallest absolute Gasteiger partial charge is 0.259 e. The van der Waals surface area contributed by atoms with E-state index < -0.39 is 0 Å². The molecule has 7 heteroatoms. The molecule has 0 saturated heterocycles. The van der Waals surface area contributed by atoms with E-state index in [1.54, 1.807) is 36.8 Å². The second kappa shape index (κ2) is 12.3. The second-order valence-electron chi connectivity index (χ2n) is 11.4. The number of thiophene rings is 1. The number of hydrogen-bond donors (Lipinski definition) is 1. The topological polar surface area (TPSA) is 59.9 Å². The van der Waals surface area contributed by atoms with Gasteiger partial charge in [-0.05, 0) is 89.8 Å². The lowest BCUT2D eigenvalue weighted by Gasteiger charge is -2.33. The zero-order chi connectivity index (χ0) is 29.0. The average Bonchev–Trinajstić information content (AvgIpc) is 3.34. The molecule has 0 saturated carbocycles. The highest BCUT2D eigenvalue weighted by Gasteiger charge is 2.33. The summed E-state index contributed by atoms with van der Waals surface area (Å²) in [5.74, 6) is 1.30. The molecule has 1 atom stereocenters. The Labute approximate surface area is 245 Å². The molecule has 1 aliphatic carbocycles. The van der Waals surface area contributed by atoms with Crippen molar-refractivity contribution < 1.29 is 18.7 Å². The maximum atomic E-state index is 13.6. The quantitative estimate of drug-likeness (QED) is 0.216. The molecule has 4 aromatic rings. The minimum Gasteiger partial charge on any atom is -0.493 e. The summed E-state index contributed by atoms with van der Waals surface area (Å²) in [4.78, 5) is 19.7. The standard InChI is InChI=1S/C34H35FN2O3S/c1-34(2,3)24-13-16-27-30(19-24)41-33(31(27)32(38)37-26-8-6-5-7-9-26)36-20-23-12-17-28(29(18-23)39-4)40-21-22-10-14-25(35)15-11-22/h5-12,14-15,17-18,20,24H,13,16,19,21H2,1-4H3,(H,37,38)/t24-/m0/s1. The third-order valence-electron chi connectivity index (χ3n) is 7.56. The fraction of sp³-hybridized carbons (Fsp3) is 0.294. The molecule has 0 unspecified atom stereocenters. The molecule has 1 N–H and O–H groups in total. The fourth-order valence-corrected chi connectivity index (χ4v) is 6.38. The van der Waals surface area contributed by atoms with Crippen LogP contribution in [0.25, 0.3) is 0 Å². The number of methoxy groups -OCH3 is 1. The van der Waals surface area contributed by atoms with E-state index in [-0.39, 0.29) is 17.1 Å². The molecule has 5 rings (SSSR count). The molecule has 5 nitrogen and oxygen atoms in total. The van der Waals surface area contributed by atoms with Crippen LogP contribution in [-0.2, 0) is 19.4 Å². The Balaban J connectivity index is 1.40. The van der Waals surface area contributed by atoms with Crippen LogP contribution in [0, 0.1) is 17.2 Å². The zero-order valence-electron chi connectivity index (χ0n) is 23.9. The largest absolute Gasteiger partial charge is 0.493 e. The predicted molar refractivity (Wildman–Crippen MR) is 165 cm³/mol. The molecule has 0 fully saturated rings. The van der Waals surface area contributed by atoms with Crippen LogP contribution in [0.3, 0.4) is 0 Å². The lowest BCUT2D eigenvalue weighted by Crippen LogP contribution is -2.27. The summed E-state index contributed by atoms with van der Waals surface area (Å²) in [5.41, 5.74) is 4.44. The third-order valence-corrected chi connectivity index (χ3v) is 8.72. The monoisotopic (exact) mass is 570 g/mol. The van der Waals surface area contributed by atoms with Gasteiger partial charge in [0.15, 0.2) is 11.5 Å². The number of nitrogens with zero attached hydrogens (tertiary/aromatic N) is 1. The molecule has 0 radical (unpaired) electrons. The van der Waals surface area contributed by atoms with Gasteiger partial charge in [0.2, 0.25) is 0 Å². The van der Waals surface area contributed by atoms with Crippen LogP contribution in [0.2, 0.25) is 0 Å². The van der Waals surface area contributed by atoms with E-state index in [2.05, 4.69) is 26.1 Å². The van der Waals surface area contributed by atoms with Crippen LogP contribution < -0.4 is 14.8 Å². The zero-order valence-corrected chi connectivity index (χ0v) is 24.7.